The second-order valence-electron chi connectivity index (χ2n) is 5.29. The molecule has 2 aromatic rings. The van der Waals surface area contributed by atoms with E-state index in [0.717, 1.165) is 31.3 Å². The highest BCUT2D eigenvalue weighted by Crippen LogP contribution is 2.19. The first kappa shape index (κ1) is 12.9. The van der Waals surface area contributed by atoms with E-state index in [-0.39, 0.29) is 0 Å². The molecule has 0 amide bonds. The van der Waals surface area contributed by atoms with E-state index < -0.39 is 0 Å². The van der Waals surface area contributed by atoms with Crippen LogP contribution in [0.5, 0.6) is 0 Å². The van der Waals surface area contributed by atoms with Crippen LogP contribution in [0.15, 0.2) is 36.7 Å². The third-order valence-electron chi connectivity index (χ3n) is 3.68. The van der Waals surface area contributed by atoms with Crippen LogP contribution in [0.1, 0.15) is 24.0 Å². The van der Waals surface area contributed by atoms with Crippen LogP contribution in [0.2, 0.25) is 0 Å². The molecule has 1 aromatic heterocycles. The van der Waals surface area contributed by atoms with Gasteiger partial charge < -0.3 is 10.2 Å². The summed E-state index contributed by atoms with van der Waals surface area (Å²) in [4.78, 5) is 11.0. The van der Waals surface area contributed by atoms with E-state index in [0.29, 0.717) is 0 Å². The number of aromatic nitrogens is 2. The predicted molar refractivity (Wildman–Crippen MR) is 82.0 cm³/mol. The quantitative estimate of drug-likeness (QED) is 0.925. The van der Waals surface area contributed by atoms with Crippen molar-refractivity contribution < 1.29 is 0 Å². The Balaban J connectivity index is 1.65. The van der Waals surface area contributed by atoms with Gasteiger partial charge in [0.2, 0.25) is 0 Å². The topological polar surface area (TPSA) is 41.0 Å². The van der Waals surface area contributed by atoms with Crippen LogP contribution in [-0.2, 0) is 6.54 Å². The Morgan fingerprint density at radius 2 is 1.85 bits per heavy atom. The summed E-state index contributed by atoms with van der Waals surface area (Å²) in [6.07, 6.45) is 4.16. The SMILES string of the molecule is Cc1ccc(CNc2cc(N3CCCC3)ncn2)cc1. The zero-order valence-corrected chi connectivity index (χ0v) is 11.8. The molecule has 1 fully saturated rings. The largest absolute Gasteiger partial charge is 0.366 e. The van der Waals surface area contributed by atoms with Gasteiger partial charge in [0.05, 0.1) is 0 Å². The minimum Gasteiger partial charge on any atom is -0.366 e. The lowest BCUT2D eigenvalue weighted by Crippen LogP contribution is -2.19. The summed E-state index contributed by atoms with van der Waals surface area (Å²) in [6.45, 7) is 5.10. The molecule has 2 heterocycles. The first-order chi connectivity index (χ1) is 9.81. The van der Waals surface area contributed by atoms with Crippen LogP contribution in [0.3, 0.4) is 0 Å². The van der Waals surface area contributed by atoms with Crippen molar-refractivity contribution in [1.82, 2.24) is 9.97 Å². The highest BCUT2D eigenvalue weighted by Gasteiger charge is 2.13. The molecule has 0 bridgehead atoms. The van der Waals surface area contributed by atoms with Gasteiger partial charge in [-0.1, -0.05) is 29.8 Å². The molecule has 104 valence electrons. The van der Waals surface area contributed by atoms with E-state index in [1.165, 1.54) is 24.0 Å². The van der Waals surface area contributed by atoms with Gasteiger partial charge in [0.1, 0.15) is 18.0 Å². The third kappa shape index (κ3) is 3.07. The molecule has 0 unspecified atom stereocenters. The average Bonchev–Trinajstić information content (AvgIpc) is 3.01. The fourth-order valence-corrected chi connectivity index (χ4v) is 2.46. The lowest BCUT2D eigenvalue weighted by molar-refractivity contribution is 0.925. The van der Waals surface area contributed by atoms with E-state index in [1.54, 1.807) is 6.33 Å². The molecular weight excluding hydrogens is 248 g/mol. The number of nitrogens with zero attached hydrogens (tertiary/aromatic N) is 3. The first-order valence-corrected chi connectivity index (χ1v) is 7.18. The Bertz CT molecular complexity index is 559. The van der Waals surface area contributed by atoms with Crippen LogP contribution in [0.25, 0.3) is 0 Å². The van der Waals surface area contributed by atoms with Crippen molar-refractivity contribution >= 4 is 11.6 Å². The molecule has 1 N–H and O–H groups in total. The molecule has 3 rings (SSSR count). The molecule has 0 atom stereocenters. The maximum atomic E-state index is 4.36. The molecular formula is C16H20N4. The maximum Gasteiger partial charge on any atom is 0.134 e. The standard InChI is InChI=1S/C16H20N4/c1-13-4-6-14(7-5-13)11-17-15-10-16(19-12-18-15)20-8-2-3-9-20/h4-7,10,12H,2-3,8-9,11H2,1H3,(H,17,18,19). The lowest BCUT2D eigenvalue weighted by atomic mass is 10.1. The first-order valence-electron chi connectivity index (χ1n) is 7.18. The Morgan fingerprint density at radius 3 is 2.60 bits per heavy atom. The summed E-state index contributed by atoms with van der Waals surface area (Å²) in [7, 11) is 0. The van der Waals surface area contributed by atoms with Gasteiger partial charge in [0.25, 0.3) is 0 Å². The number of anilines is 2. The van der Waals surface area contributed by atoms with Crippen LogP contribution < -0.4 is 10.2 Å². The second kappa shape index (κ2) is 5.90. The number of benzene rings is 1. The van der Waals surface area contributed by atoms with Crippen molar-refractivity contribution in [2.24, 2.45) is 0 Å². The van der Waals surface area contributed by atoms with Gasteiger partial charge >= 0.3 is 0 Å². The fourth-order valence-electron chi connectivity index (χ4n) is 2.46. The van der Waals surface area contributed by atoms with Crippen molar-refractivity contribution in [2.75, 3.05) is 23.3 Å². The predicted octanol–water partition coefficient (Wildman–Crippen LogP) is 3.00. The highest BCUT2D eigenvalue weighted by molar-refractivity contribution is 5.49. The lowest BCUT2D eigenvalue weighted by Gasteiger charge is -2.16. The van der Waals surface area contributed by atoms with Crippen LogP contribution in [0.4, 0.5) is 11.6 Å². The van der Waals surface area contributed by atoms with Gasteiger partial charge in [-0.2, -0.15) is 0 Å². The van der Waals surface area contributed by atoms with Gasteiger partial charge in [0.15, 0.2) is 0 Å². The summed E-state index contributed by atoms with van der Waals surface area (Å²) < 4.78 is 0. The zero-order valence-electron chi connectivity index (χ0n) is 11.8. The average molecular weight is 268 g/mol. The fraction of sp³-hybridized carbons (Fsp3) is 0.375. The van der Waals surface area contributed by atoms with E-state index in [1.807, 2.05) is 6.07 Å². The van der Waals surface area contributed by atoms with Gasteiger partial charge in [0, 0.05) is 25.7 Å². The van der Waals surface area contributed by atoms with E-state index >= 15 is 0 Å². The maximum absolute atomic E-state index is 4.36. The summed E-state index contributed by atoms with van der Waals surface area (Å²) in [6, 6.07) is 10.6. The molecule has 0 saturated carbocycles. The highest BCUT2D eigenvalue weighted by atomic mass is 15.2. The number of hydrogen-bond donors (Lipinski definition) is 1. The molecule has 4 heteroatoms. The van der Waals surface area contributed by atoms with Crippen molar-refractivity contribution in [3.8, 4) is 0 Å². The van der Waals surface area contributed by atoms with Crippen molar-refractivity contribution in [1.29, 1.82) is 0 Å². The third-order valence-corrected chi connectivity index (χ3v) is 3.68. The molecule has 20 heavy (non-hydrogen) atoms. The van der Waals surface area contributed by atoms with Crippen LogP contribution >= 0.6 is 0 Å². The molecule has 1 saturated heterocycles. The van der Waals surface area contributed by atoms with E-state index in [2.05, 4.69) is 51.4 Å². The number of nitrogens with one attached hydrogen (secondary N) is 1. The summed E-state index contributed by atoms with van der Waals surface area (Å²) >= 11 is 0. The Hall–Kier alpha value is -2.10. The van der Waals surface area contributed by atoms with Crippen molar-refractivity contribution in [3.63, 3.8) is 0 Å². The Labute approximate surface area is 119 Å². The van der Waals surface area contributed by atoms with Gasteiger partial charge in [-0.15, -0.1) is 0 Å². The van der Waals surface area contributed by atoms with Gasteiger partial charge in [-0.05, 0) is 25.3 Å². The van der Waals surface area contributed by atoms with E-state index in [4.69, 9.17) is 0 Å². The summed E-state index contributed by atoms with van der Waals surface area (Å²) in [5.41, 5.74) is 2.55. The number of hydrogen-bond acceptors (Lipinski definition) is 4. The summed E-state index contributed by atoms with van der Waals surface area (Å²) in [5, 5.41) is 3.37. The van der Waals surface area contributed by atoms with Gasteiger partial charge in [-0.3, -0.25) is 0 Å². The Morgan fingerprint density at radius 1 is 1.10 bits per heavy atom. The second-order valence-corrected chi connectivity index (χ2v) is 5.29. The Kier molecular flexibility index (Phi) is 3.81. The molecule has 1 aliphatic heterocycles. The monoisotopic (exact) mass is 268 g/mol. The normalized spacial score (nSPS) is 14.6. The van der Waals surface area contributed by atoms with Crippen LogP contribution in [-0.4, -0.2) is 23.1 Å². The van der Waals surface area contributed by atoms with Gasteiger partial charge in [-0.25, -0.2) is 9.97 Å². The zero-order chi connectivity index (χ0) is 13.8. The summed E-state index contributed by atoms with van der Waals surface area (Å²) in [5.74, 6) is 1.92. The molecule has 4 nitrogen and oxygen atoms in total. The minimum absolute atomic E-state index is 0.788. The molecule has 0 radical (unpaired) electrons. The smallest absolute Gasteiger partial charge is 0.134 e. The molecule has 1 aromatic carbocycles. The molecule has 0 spiro atoms. The van der Waals surface area contributed by atoms with E-state index in [9.17, 15) is 0 Å². The minimum atomic E-state index is 0.788. The number of aryl methyl sites for hydroxylation is 1. The molecule has 0 aliphatic carbocycles. The van der Waals surface area contributed by atoms with Crippen molar-refractivity contribution in [3.05, 3.63) is 47.8 Å². The van der Waals surface area contributed by atoms with Crippen LogP contribution in [0, 0.1) is 6.92 Å². The number of rotatable bonds is 4. The van der Waals surface area contributed by atoms with Crippen molar-refractivity contribution in [2.45, 2.75) is 26.3 Å². The molecule has 1 aliphatic rings.